The molecular weight excluding hydrogens is 416 g/mol. The van der Waals surface area contributed by atoms with E-state index in [1.165, 1.54) is 18.9 Å². The lowest BCUT2D eigenvalue weighted by molar-refractivity contribution is -0.113. The standard InChI is InChI=1S/C22H20N4O4S/c1-13-10-14-8-9-15(29-2)11-18(14)26-20(13)24-25-22(26)31-12-19(27)23-17-7-5-4-6-16(17)21(28)30-3/h4-11H,12H2,1-3H3,(H,23,27). The molecule has 0 fully saturated rings. The Morgan fingerprint density at radius 1 is 1.10 bits per heavy atom. The van der Waals surface area contributed by atoms with Crippen LogP contribution in [0.2, 0.25) is 0 Å². The number of nitrogens with one attached hydrogen (secondary N) is 1. The molecule has 2 heterocycles. The number of hydrogen-bond donors (Lipinski definition) is 1. The van der Waals surface area contributed by atoms with Gasteiger partial charge in [0.25, 0.3) is 0 Å². The van der Waals surface area contributed by atoms with E-state index in [1.54, 1.807) is 31.4 Å². The molecule has 8 nitrogen and oxygen atoms in total. The molecule has 0 atom stereocenters. The number of benzene rings is 2. The summed E-state index contributed by atoms with van der Waals surface area (Å²) >= 11 is 1.26. The van der Waals surface area contributed by atoms with Crippen LogP contribution in [-0.4, -0.2) is 46.4 Å². The van der Waals surface area contributed by atoms with E-state index in [-0.39, 0.29) is 11.7 Å². The van der Waals surface area contributed by atoms with Gasteiger partial charge in [0, 0.05) is 6.07 Å². The minimum absolute atomic E-state index is 0.0930. The van der Waals surface area contributed by atoms with Crippen molar-refractivity contribution in [2.75, 3.05) is 25.3 Å². The summed E-state index contributed by atoms with van der Waals surface area (Å²) in [5.41, 5.74) is 3.29. The summed E-state index contributed by atoms with van der Waals surface area (Å²) in [4.78, 5) is 24.5. The van der Waals surface area contributed by atoms with E-state index < -0.39 is 5.97 Å². The Morgan fingerprint density at radius 2 is 1.90 bits per heavy atom. The van der Waals surface area contributed by atoms with Crippen LogP contribution in [0.4, 0.5) is 5.69 Å². The molecule has 0 aliphatic carbocycles. The van der Waals surface area contributed by atoms with Crippen molar-refractivity contribution in [2.45, 2.75) is 12.1 Å². The zero-order valence-electron chi connectivity index (χ0n) is 17.2. The van der Waals surface area contributed by atoms with Gasteiger partial charge in [0.2, 0.25) is 5.91 Å². The summed E-state index contributed by atoms with van der Waals surface area (Å²) in [5, 5.41) is 12.9. The van der Waals surface area contributed by atoms with Crippen molar-refractivity contribution in [1.29, 1.82) is 0 Å². The second-order valence-corrected chi connectivity index (χ2v) is 7.71. The number of amides is 1. The molecule has 158 valence electrons. The van der Waals surface area contributed by atoms with Crippen LogP contribution in [0.15, 0.2) is 53.7 Å². The molecule has 2 aromatic heterocycles. The molecule has 0 bridgehead atoms. The van der Waals surface area contributed by atoms with E-state index in [0.29, 0.717) is 16.4 Å². The number of pyridine rings is 1. The number of thioether (sulfide) groups is 1. The predicted molar refractivity (Wildman–Crippen MR) is 119 cm³/mol. The molecule has 31 heavy (non-hydrogen) atoms. The normalized spacial score (nSPS) is 10.9. The third kappa shape index (κ3) is 4.04. The van der Waals surface area contributed by atoms with Gasteiger partial charge < -0.3 is 14.8 Å². The Bertz CT molecular complexity index is 1300. The lowest BCUT2D eigenvalue weighted by Gasteiger charge is -2.10. The molecule has 1 N–H and O–H groups in total. The smallest absolute Gasteiger partial charge is 0.339 e. The molecule has 9 heteroatoms. The zero-order valence-corrected chi connectivity index (χ0v) is 18.0. The van der Waals surface area contributed by atoms with Gasteiger partial charge in [-0.2, -0.15) is 0 Å². The van der Waals surface area contributed by atoms with Gasteiger partial charge in [-0.1, -0.05) is 23.9 Å². The summed E-state index contributed by atoms with van der Waals surface area (Å²) in [6.07, 6.45) is 0. The number of carbonyl (C=O) groups excluding carboxylic acids is 2. The molecule has 0 aliphatic heterocycles. The first-order valence-electron chi connectivity index (χ1n) is 9.44. The number of carbonyl (C=O) groups is 2. The molecule has 0 saturated heterocycles. The highest BCUT2D eigenvalue weighted by molar-refractivity contribution is 7.99. The number of aromatic nitrogens is 3. The second-order valence-electron chi connectivity index (χ2n) is 6.77. The summed E-state index contributed by atoms with van der Waals surface area (Å²) in [5.74, 6) is 0.0328. The van der Waals surface area contributed by atoms with Crippen molar-refractivity contribution in [2.24, 2.45) is 0 Å². The van der Waals surface area contributed by atoms with E-state index in [0.717, 1.165) is 27.9 Å². The number of anilines is 1. The second kappa shape index (κ2) is 8.65. The molecule has 4 aromatic rings. The predicted octanol–water partition coefficient (Wildman–Crippen LogP) is 3.72. The summed E-state index contributed by atoms with van der Waals surface area (Å²) in [6, 6.07) is 14.5. The molecule has 4 rings (SSSR count). The minimum Gasteiger partial charge on any atom is -0.497 e. The van der Waals surface area contributed by atoms with Crippen LogP contribution in [0.3, 0.4) is 0 Å². The zero-order chi connectivity index (χ0) is 22.0. The lowest BCUT2D eigenvalue weighted by atomic mass is 10.1. The fourth-order valence-corrected chi connectivity index (χ4v) is 4.04. The quantitative estimate of drug-likeness (QED) is 0.364. The van der Waals surface area contributed by atoms with Crippen LogP contribution in [0.25, 0.3) is 16.6 Å². The first kappa shape index (κ1) is 20.7. The lowest BCUT2D eigenvalue weighted by Crippen LogP contribution is -2.17. The molecule has 0 spiro atoms. The number of methoxy groups -OCH3 is 2. The molecule has 2 aromatic carbocycles. The number of para-hydroxylation sites is 1. The van der Waals surface area contributed by atoms with Gasteiger partial charge in [-0.15, -0.1) is 10.2 Å². The average molecular weight is 436 g/mol. The van der Waals surface area contributed by atoms with Crippen LogP contribution in [-0.2, 0) is 9.53 Å². The first-order valence-corrected chi connectivity index (χ1v) is 10.4. The van der Waals surface area contributed by atoms with Crippen LogP contribution >= 0.6 is 11.8 Å². The Balaban J connectivity index is 1.60. The molecular formula is C22H20N4O4S. The van der Waals surface area contributed by atoms with Crippen molar-refractivity contribution in [3.05, 3.63) is 59.7 Å². The maximum atomic E-state index is 12.6. The third-order valence-corrected chi connectivity index (χ3v) is 5.70. The Kier molecular flexibility index (Phi) is 5.77. The highest BCUT2D eigenvalue weighted by Crippen LogP contribution is 2.28. The minimum atomic E-state index is -0.511. The van der Waals surface area contributed by atoms with Crippen molar-refractivity contribution < 1.29 is 19.1 Å². The number of nitrogens with zero attached hydrogens (tertiary/aromatic N) is 3. The third-order valence-electron chi connectivity index (χ3n) is 4.78. The van der Waals surface area contributed by atoms with Gasteiger partial charge in [-0.05, 0) is 48.2 Å². The molecule has 0 aliphatic rings. The van der Waals surface area contributed by atoms with Crippen molar-refractivity contribution in [1.82, 2.24) is 14.6 Å². The summed E-state index contributed by atoms with van der Waals surface area (Å²) in [6.45, 7) is 1.97. The SMILES string of the molecule is COC(=O)c1ccccc1NC(=O)CSc1nnc2c(C)cc3ccc(OC)cc3n12. The molecule has 0 saturated carbocycles. The fourth-order valence-electron chi connectivity index (χ4n) is 3.30. The van der Waals surface area contributed by atoms with E-state index in [1.807, 2.05) is 35.6 Å². The number of rotatable bonds is 6. The highest BCUT2D eigenvalue weighted by atomic mass is 32.2. The first-order chi connectivity index (χ1) is 15.0. The number of hydrogen-bond acceptors (Lipinski definition) is 7. The molecule has 1 amide bonds. The van der Waals surface area contributed by atoms with E-state index in [9.17, 15) is 9.59 Å². The van der Waals surface area contributed by atoms with Crippen molar-refractivity contribution in [3.8, 4) is 5.75 Å². The van der Waals surface area contributed by atoms with Gasteiger partial charge in [-0.25, -0.2) is 4.79 Å². The number of ether oxygens (including phenoxy) is 2. The monoisotopic (exact) mass is 436 g/mol. The van der Waals surface area contributed by atoms with Gasteiger partial charge in [-0.3, -0.25) is 9.20 Å². The average Bonchev–Trinajstić information content (AvgIpc) is 3.22. The van der Waals surface area contributed by atoms with Crippen LogP contribution < -0.4 is 10.1 Å². The maximum absolute atomic E-state index is 12.6. The van der Waals surface area contributed by atoms with E-state index >= 15 is 0 Å². The number of esters is 1. The molecule has 0 radical (unpaired) electrons. The van der Waals surface area contributed by atoms with Crippen LogP contribution in [0.5, 0.6) is 5.75 Å². The van der Waals surface area contributed by atoms with Crippen LogP contribution in [0, 0.1) is 6.92 Å². The van der Waals surface area contributed by atoms with Crippen molar-refractivity contribution in [3.63, 3.8) is 0 Å². The Hall–Kier alpha value is -3.59. The largest absolute Gasteiger partial charge is 0.497 e. The van der Waals surface area contributed by atoms with Crippen LogP contribution in [0.1, 0.15) is 15.9 Å². The Labute approximate surface area is 182 Å². The molecule has 0 unspecified atom stereocenters. The van der Waals surface area contributed by atoms with Gasteiger partial charge in [0.05, 0.1) is 36.7 Å². The summed E-state index contributed by atoms with van der Waals surface area (Å²) < 4.78 is 12.1. The fraction of sp³-hybridized carbons (Fsp3) is 0.182. The van der Waals surface area contributed by atoms with Gasteiger partial charge >= 0.3 is 5.97 Å². The highest BCUT2D eigenvalue weighted by Gasteiger charge is 2.16. The topological polar surface area (TPSA) is 94.8 Å². The van der Waals surface area contributed by atoms with Crippen molar-refractivity contribution >= 4 is 45.9 Å². The van der Waals surface area contributed by atoms with Gasteiger partial charge in [0.15, 0.2) is 10.8 Å². The maximum Gasteiger partial charge on any atom is 0.339 e. The van der Waals surface area contributed by atoms with E-state index in [2.05, 4.69) is 15.5 Å². The Morgan fingerprint density at radius 3 is 2.68 bits per heavy atom. The number of fused-ring (bicyclic) bond motifs is 3. The van der Waals surface area contributed by atoms with Gasteiger partial charge in [0.1, 0.15) is 5.75 Å². The summed E-state index contributed by atoms with van der Waals surface area (Å²) in [7, 11) is 2.92. The number of aryl methyl sites for hydroxylation is 1. The van der Waals surface area contributed by atoms with E-state index in [4.69, 9.17) is 9.47 Å².